The van der Waals surface area contributed by atoms with Crippen molar-refractivity contribution < 1.29 is 14.3 Å². The average Bonchev–Trinajstić information content (AvgIpc) is 3.12. The number of carbonyl (C=O) groups is 1. The molecule has 31 heavy (non-hydrogen) atoms. The first kappa shape index (κ1) is 19.6. The Bertz CT molecular complexity index is 1140. The Balaban J connectivity index is 1.35. The minimum Gasteiger partial charge on any atom is -0.478 e. The molecule has 0 spiro atoms. The van der Waals surface area contributed by atoms with Crippen molar-refractivity contribution in [3.63, 3.8) is 0 Å². The fourth-order valence-electron chi connectivity index (χ4n) is 4.27. The maximum Gasteiger partial charge on any atom is 0.232 e. The monoisotopic (exact) mass is 411 g/mol. The van der Waals surface area contributed by atoms with E-state index in [2.05, 4.69) is 29.2 Å². The van der Waals surface area contributed by atoms with Crippen molar-refractivity contribution in [1.82, 2.24) is 4.90 Å². The first-order valence-corrected chi connectivity index (χ1v) is 10.7. The van der Waals surface area contributed by atoms with Gasteiger partial charge in [-0.15, -0.1) is 0 Å². The first-order valence-electron chi connectivity index (χ1n) is 10.7. The van der Waals surface area contributed by atoms with Crippen LogP contribution >= 0.6 is 0 Å². The predicted molar refractivity (Wildman–Crippen MR) is 121 cm³/mol. The van der Waals surface area contributed by atoms with Crippen LogP contribution in [0.5, 0.6) is 11.5 Å². The molecule has 5 rings (SSSR count). The number of hydrogen-bond acceptors (Lipinski definition) is 4. The maximum atomic E-state index is 13.1. The van der Waals surface area contributed by atoms with E-state index in [0.29, 0.717) is 23.8 Å². The van der Waals surface area contributed by atoms with Crippen LogP contribution in [0.25, 0.3) is 6.08 Å². The Morgan fingerprint density at radius 3 is 2.55 bits per heavy atom. The maximum absolute atomic E-state index is 13.1. The molecule has 4 heteroatoms. The van der Waals surface area contributed by atoms with Gasteiger partial charge in [0.1, 0.15) is 18.2 Å². The Morgan fingerprint density at radius 2 is 1.77 bits per heavy atom. The van der Waals surface area contributed by atoms with Gasteiger partial charge in [-0.1, -0.05) is 60.7 Å². The Morgan fingerprint density at radius 1 is 1.03 bits per heavy atom. The van der Waals surface area contributed by atoms with Crippen LogP contribution in [0.15, 0.2) is 72.5 Å². The number of nitrogens with zero attached hydrogens (tertiary/aromatic N) is 1. The van der Waals surface area contributed by atoms with Gasteiger partial charge in [-0.2, -0.15) is 0 Å². The summed E-state index contributed by atoms with van der Waals surface area (Å²) >= 11 is 0. The smallest absolute Gasteiger partial charge is 0.232 e. The van der Waals surface area contributed by atoms with Crippen molar-refractivity contribution in [3.8, 4) is 11.5 Å². The van der Waals surface area contributed by atoms with Crippen LogP contribution in [0.4, 0.5) is 0 Å². The van der Waals surface area contributed by atoms with Crippen LogP contribution in [-0.4, -0.2) is 24.0 Å². The van der Waals surface area contributed by atoms with Gasteiger partial charge >= 0.3 is 0 Å². The Labute approximate surface area is 182 Å². The van der Waals surface area contributed by atoms with Gasteiger partial charge < -0.3 is 9.47 Å². The zero-order valence-electron chi connectivity index (χ0n) is 17.6. The number of ketones is 1. The van der Waals surface area contributed by atoms with E-state index >= 15 is 0 Å². The van der Waals surface area contributed by atoms with E-state index in [0.717, 1.165) is 48.4 Å². The van der Waals surface area contributed by atoms with Gasteiger partial charge in [0, 0.05) is 13.1 Å². The van der Waals surface area contributed by atoms with Crippen molar-refractivity contribution >= 4 is 11.9 Å². The van der Waals surface area contributed by atoms with Crippen LogP contribution in [0.1, 0.15) is 39.0 Å². The lowest BCUT2D eigenvalue weighted by molar-refractivity contribution is 0.0928. The summed E-state index contributed by atoms with van der Waals surface area (Å²) in [5.41, 5.74) is 4.82. The van der Waals surface area contributed by atoms with E-state index in [4.69, 9.17) is 9.47 Å². The summed E-state index contributed by atoms with van der Waals surface area (Å²) in [4.78, 5) is 15.3. The standard InChI is InChI=1S/C27H25NO3/c1-19-15-23-22(17-28(18-30-23)14-8-13-20-9-4-2-5-10-20)27-25(19)26(29)24(31-27)16-21-11-6-3-7-12-21/h2-7,9-12,15-16H,8,13-14,17-18H2,1H3/b24-16-. The highest BCUT2D eigenvalue weighted by Gasteiger charge is 2.35. The normalized spacial score (nSPS) is 16.5. The topological polar surface area (TPSA) is 38.8 Å². The number of fused-ring (bicyclic) bond motifs is 3. The minimum absolute atomic E-state index is 0.0552. The molecule has 4 nitrogen and oxygen atoms in total. The van der Waals surface area contributed by atoms with Gasteiger partial charge in [-0.3, -0.25) is 9.69 Å². The third-order valence-electron chi connectivity index (χ3n) is 5.87. The number of benzene rings is 3. The number of aryl methyl sites for hydroxylation is 2. The van der Waals surface area contributed by atoms with Gasteiger partial charge in [0.05, 0.1) is 11.1 Å². The molecule has 2 aliphatic rings. The van der Waals surface area contributed by atoms with Crippen molar-refractivity contribution in [2.75, 3.05) is 13.3 Å². The molecule has 0 saturated heterocycles. The van der Waals surface area contributed by atoms with Gasteiger partial charge in [-0.05, 0) is 48.6 Å². The number of ether oxygens (including phenoxy) is 2. The molecule has 0 aliphatic carbocycles. The van der Waals surface area contributed by atoms with E-state index < -0.39 is 0 Å². The lowest BCUT2D eigenvalue weighted by Crippen LogP contribution is -2.33. The third kappa shape index (κ3) is 3.99. The molecule has 0 amide bonds. The second kappa shape index (κ2) is 8.40. The molecular weight excluding hydrogens is 386 g/mol. The second-order valence-corrected chi connectivity index (χ2v) is 8.14. The van der Waals surface area contributed by atoms with E-state index in [9.17, 15) is 4.79 Å². The summed E-state index contributed by atoms with van der Waals surface area (Å²) in [6, 6.07) is 22.3. The number of carbonyl (C=O) groups excluding carboxylic acids is 1. The van der Waals surface area contributed by atoms with Crippen LogP contribution in [-0.2, 0) is 13.0 Å². The summed E-state index contributed by atoms with van der Waals surface area (Å²) in [5.74, 6) is 1.80. The average molecular weight is 412 g/mol. The molecule has 0 aromatic heterocycles. The minimum atomic E-state index is -0.0552. The molecule has 0 fully saturated rings. The van der Waals surface area contributed by atoms with Gasteiger partial charge in [0.2, 0.25) is 5.78 Å². The molecule has 0 bridgehead atoms. The van der Waals surface area contributed by atoms with Gasteiger partial charge in [-0.25, -0.2) is 0 Å². The molecule has 2 heterocycles. The number of Topliss-reactive ketones (excluding diaryl/α,β-unsaturated/α-hetero) is 1. The zero-order valence-corrected chi connectivity index (χ0v) is 17.6. The van der Waals surface area contributed by atoms with Crippen LogP contribution in [0, 0.1) is 6.92 Å². The lowest BCUT2D eigenvalue weighted by atomic mass is 9.98. The fourth-order valence-corrected chi connectivity index (χ4v) is 4.27. The summed E-state index contributed by atoms with van der Waals surface area (Å²) < 4.78 is 12.2. The number of hydrogen-bond donors (Lipinski definition) is 0. The molecule has 156 valence electrons. The van der Waals surface area contributed by atoms with Crippen molar-refractivity contribution in [1.29, 1.82) is 0 Å². The summed E-state index contributed by atoms with van der Waals surface area (Å²) in [7, 11) is 0. The number of allylic oxidation sites excluding steroid dienone is 1. The van der Waals surface area contributed by atoms with Crippen LogP contribution in [0.2, 0.25) is 0 Å². The summed E-state index contributed by atoms with van der Waals surface area (Å²) in [6.45, 7) is 4.15. The fraction of sp³-hybridized carbons (Fsp3) is 0.222. The van der Waals surface area contributed by atoms with Crippen LogP contribution in [0.3, 0.4) is 0 Å². The van der Waals surface area contributed by atoms with Crippen molar-refractivity contribution in [2.45, 2.75) is 26.3 Å². The zero-order chi connectivity index (χ0) is 21.2. The van der Waals surface area contributed by atoms with E-state index in [-0.39, 0.29) is 5.78 Å². The summed E-state index contributed by atoms with van der Waals surface area (Å²) in [6.07, 6.45) is 3.90. The van der Waals surface area contributed by atoms with Gasteiger partial charge in [0.15, 0.2) is 5.76 Å². The molecule has 0 saturated carbocycles. The Kier molecular flexibility index (Phi) is 5.31. The number of rotatable bonds is 5. The highest BCUT2D eigenvalue weighted by molar-refractivity contribution is 6.15. The molecule has 0 unspecified atom stereocenters. The lowest BCUT2D eigenvalue weighted by Gasteiger charge is -2.30. The molecule has 0 radical (unpaired) electrons. The molecule has 3 aromatic rings. The van der Waals surface area contributed by atoms with Gasteiger partial charge in [0.25, 0.3) is 0 Å². The first-order chi connectivity index (χ1) is 15.2. The van der Waals surface area contributed by atoms with E-state index in [1.165, 1.54) is 5.56 Å². The largest absolute Gasteiger partial charge is 0.478 e. The molecule has 2 aliphatic heterocycles. The van der Waals surface area contributed by atoms with Crippen molar-refractivity contribution in [2.24, 2.45) is 0 Å². The highest BCUT2D eigenvalue weighted by atomic mass is 16.5. The van der Waals surface area contributed by atoms with Crippen LogP contribution < -0.4 is 9.47 Å². The molecule has 0 atom stereocenters. The highest BCUT2D eigenvalue weighted by Crippen LogP contribution is 2.44. The molecular formula is C27H25NO3. The quantitative estimate of drug-likeness (QED) is 0.527. The summed E-state index contributed by atoms with van der Waals surface area (Å²) in [5, 5.41) is 0. The predicted octanol–water partition coefficient (Wildman–Crippen LogP) is 5.40. The molecule has 0 N–H and O–H groups in total. The van der Waals surface area contributed by atoms with E-state index in [1.54, 1.807) is 0 Å². The molecule has 3 aromatic carbocycles. The third-order valence-corrected chi connectivity index (χ3v) is 5.87. The Hall–Kier alpha value is -3.37. The second-order valence-electron chi connectivity index (χ2n) is 8.14. The van der Waals surface area contributed by atoms with Crippen molar-refractivity contribution in [3.05, 3.63) is 100 Å². The SMILES string of the molecule is Cc1cc2c(c3c1C(=O)/C(=C/c1ccccc1)O3)CN(CCCc1ccccc1)CO2. The van der Waals surface area contributed by atoms with E-state index in [1.807, 2.05) is 55.5 Å².